The van der Waals surface area contributed by atoms with E-state index in [1.165, 1.54) is 15.6 Å². The Morgan fingerprint density at radius 2 is 2.21 bits per heavy atom. The Kier molecular flexibility index (Phi) is 4.29. The van der Waals surface area contributed by atoms with E-state index in [0.717, 1.165) is 10.4 Å². The van der Waals surface area contributed by atoms with Crippen LogP contribution in [-0.2, 0) is 29.5 Å². The fraction of sp³-hybridized carbons (Fsp3) is 0.364. The van der Waals surface area contributed by atoms with Gasteiger partial charge in [0.1, 0.15) is 4.21 Å². The van der Waals surface area contributed by atoms with Crippen LogP contribution in [-0.4, -0.2) is 29.6 Å². The molecule has 0 spiro atoms. The third-order valence-corrected chi connectivity index (χ3v) is 6.40. The quantitative estimate of drug-likeness (QED) is 0.792. The highest BCUT2D eigenvalue weighted by molar-refractivity contribution is 7.91. The summed E-state index contributed by atoms with van der Waals surface area (Å²) in [6, 6.07) is 3.33. The first-order valence-electron chi connectivity index (χ1n) is 5.52. The zero-order chi connectivity index (χ0) is 14.0. The van der Waals surface area contributed by atoms with Gasteiger partial charge in [-0.1, -0.05) is 0 Å². The second-order valence-electron chi connectivity index (χ2n) is 4.14. The Morgan fingerprint density at radius 1 is 1.47 bits per heavy atom. The number of sulfonamides is 1. The fourth-order valence-electron chi connectivity index (χ4n) is 1.62. The van der Waals surface area contributed by atoms with Crippen molar-refractivity contribution >= 4 is 33.0 Å². The summed E-state index contributed by atoms with van der Waals surface area (Å²) >= 11 is 6.89. The first-order chi connectivity index (χ1) is 8.93. The maximum atomic E-state index is 12.3. The summed E-state index contributed by atoms with van der Waals surface area (Å²) in [5.41, 5.74) is 0.850. The van der Waals surface area contributed by atoms with Gasteiger partial charge in [-0.05, 0) is 12.1 Å². The van der Waals surface area contributed by atoms with Crippen molar-refractivity contribution in [2.75, 3.05) is 7.05 Å². The highest BCUT2D eigenvalue weighted by Gasteiger charge is 2.23. The van der Waals surface area contributed by atoms with Crippen LogP contribution in [0.5, 0.6) is 0 Å². The van der Waals surface area contributed by atoms with Gasteiger partial charge in [0, 0.05) is 37.3 Å². The molecule has 0 aliphatic heterocycles. The van der Waals surface area contributed by atoms with E-state index in [1.54, 1.807) is 43.3 Å². The number of hydrogen-bond donors (Lipinski definition) is 0. The van der Waals surface area contributed by atoms with Gasteiger partial charge in [-0.25, -0.2) is 8.42 Å². The Labute approximate surface area is 121 Å². The third-order valence-electron chi connectivity index (χ3n) is 2.60. The molecule has 0 aliphatic rings. The normalized spacial score (nSPS) is 12.2. The third kappa shape index (κ3) is 3.17. The van der Waals surface area contributed by atoms with Crippen molar-refractivity contribution in [3.8, 4) is 0 Å². The smallest absolute Gasteiger partial charge is 0.252 e. The van der Waals surface area contributed by atoms with E-state index in [0.29, 0.717) is 16.6 Å². The van der Waals surface area contributed by atoms with Gasteiger partial charge in [0.25, 0.3) is 10.0 Å². The fourth-order valence-corrected chi connectivity index (χ4v) is 4.45. The summed E-state index contributed by atoms with van der Waals surface area (Å²) in [7, 11) is -0.107. The van der Waals surface area contributed by atoms with Gasteiger partial charge in [0.2, 0.25) is 0 Å². The zero-order valence-electron chi connectivity index (χ0n) is 10.6. The second kappa shape index (κ2) is 5.62. The molecule has 0 saturated heterocycles. The Morgan fingerprint density at radius 3 is 2.74 bits per heavy atom. The van der Waals surface area contributed by atoms with Crippen LogP contribution in [0.25, 0.3) is 0 Å². The zero-order valence-corrected chi connectivity index (χ0v) is 13.0. The van der Waals surface area contributed by atoms with Crippen LogP contribution in [0.15, 0.2) is 28.7 Å². The molecule has 0 aliphatic carbocycles. The van der Waals surface area contributed by atoms with Gasteiger partial charge in [-0.2, -0.15) is 9.40 Å². The molecule has 2 aromatic rings. The number of aryl methyl sites for hydroxylation is 1. The van der Waals surface area contributed by atoms with Crippen molar-refractivity contribution < 1.29 is 8.42 Å². The molecular formula is C11H14ClN3O2S2. The molecule has 0 amide bonds. The molecule has 19 heavy (non-hydrogen) atoms. The van der Waals surface area contributed by atoms with Crippen molar-refractivity contribution in [2.24, 2.45) is 7.05 Å². The summed E-state index contributed by atoms with van der Waals surface area (Å²) in [4.78, 5) is 0.843. The molecule has 0 fully saturated rings. The molecule has 2 aromatic heterocycles. The number of rotatable bonds is 5. The molecule has 8 heteroatoms. The maximum Gasteiger partial charge on any atom is 0.252 e. The lowest BCUT2D eigenvalue weighted by Gasteiger charge is -2.14. The van der Waals surface area contributed by atoms with Crippen molar-refractivity contribution in [3.05, 3.63) is 35.0 Å². The number of hydrogen-bond acceptors (Lipinski definition) is 4. The molecule has 0 atom stereocenters. The van der Waals surface area contributed by atoms with Crippen molar-refractivity contribution in [3.63, 3.8) is 0 Å². The molecule has 0 unspecified atom stereocenters. The number of nitrogens with zero attached hydrogens (tertiary/aromatic N) is 3. The molecule has 0 N–H and O–H groups in total. The van der Waals surface area contributed by atoms with Gasteiger partial charge in [-0.15, -0.1) is 22.9 Å². The maximum absolute atomic E-state index is 12.3. The second-order valence-corrected chi connectivity index (χ2v) is 7.85. The number of thiophene rings is 1. The SMILES string of the molecule is CN(Cc1cnn(C)c1)S(=O)(=O)c1ccc(CCl)s1. The van der Waals surface area contributed by atoms with Crippen LogP contribution < -0.4 is 0 Å². The average Bonchev–Trinajstić information content (AvgIpc) is 2.98. The Balaban J connectivity index is 2.19. The van der Waals surface area contributed by atoms with E-state index in [4.69, 9.17) is 11.6 Å². The molecular weight excluding hydrogens is 306 g/mol. The molecule has 0 aromatic carbocycles. The minimum atomic E-state index is -3.46. The monoisotopic (exact) mass is 319 g/mol. The lowest BCUT2D eigenvalue weighted by Crippen LogP contribution is -2.25. The summed E-state index contributed by atoms with van der Waals surface area (Å²) < 4.78 is 28.0. The van der Waals surface area contributed by atoms with Crippen molar-refractivity contribution in [1.29, 1.82) is 0 Å². The molecule has 0 saturated carbocycles. The van der Waals surface area contributed by atoms with Crippen LogP contribution >= 0.6 is 22.9 Å². The summed E-state index contributed by atoms with van der Waals surface area (Å²) in [6.07, 6.45) is 3.45. The molecule has 0 radical (unpaired) electrons. The first kappa shape index (κ1) is 14.5. The Hall–Kier alpha value is -0.890. The van der Waals surface area contributed by atoms with E-state index in [2.05, 4.69) is 5.10 Å². The minimum Gasteiger partial charge on any atom is -0.275 e. The van der Waals surface area contributed by atoms with Crippen molar-refractivity contribution in [1.82, 2.24) is 14.1 Å². The molecule has 2 heterocycles. The number of aromatic nitrogens is 2. The lowest BCUT2D eigenvalue weighted by molar-refractivity contribution is 0.468. The summed E-state index contributed by atoms with van der Waals surface area (Å²) in [5, 5.41) is 4.02. The lowest BCUT2D eigenvalue weighted by atomic mass is 10.4. The standard InChI is InChI=1S/C11H14ClN3O2S2/c1-14-7-9(6-13-14)8-15(2)19(16,17)11-4-3-10(5-12)18-11/h3-4,6-7H,5,8H2,1-2H3. The molecule has 5 nitrogen and oxygen atoms in total. The van der Waals surface area contributed by atoms with Crippen LogP contribution in [0.3, 0.4) is 0 Å². The highest BCUT2D eigenvalue weighted by atomic mass is 35.5. The molecule has 2 rings (SSSR count). The topological polar surface area (TPSA) is 55.2 Å². The van der Waals surface area contributed by atoms with Crippen LogP contribution in [0.4, 0.5) is 0 Å². The number of halogens is 1. The van der Waals surface area contributed by atoms with Gasteiger partial charge in [0.05, 0.1) is 12.1 Å². The van der Waals surface area contributed by atoms with Crippen LogP contribution in [0.2, 0.25) is 0 Å². The van der Waals surface area contributed by atoms with E-state index in [9.17, 15) is 8.42 Å². The predicted octanol–water partition coefficient (Wildman–Crippen LogP) is 2.04. The predicted molar refractivity (Wildman–Crippen MR) is 75.7 cm³/mol. The summed E-state index contributed by atoms with van der Waals surface area (Å²) in [5.74, 6) is 0.326. The van der Waals surface area contributed by atoms with Gasteiger partial charge in [-0.3, -0.25) is 4.68 Å². The van der Waals surface area contributed by atoms with Crippen LogP contribution in [0, 0.1) is 0 Å². The van der Waals surface area contributed by atoms with Crippen LogP contribution in [0.1, 0.15) is 10.4 Å². The highest BCUT2D eigenvalue weighted by Crippen LogP contribution is 2.26. The molecule has 0 bridgehead atoms. The Bertz CT molecular complexity index is 663. The van der Waals surface area contributed by atoms with E-state index >= 15 is 0 Å². The van der Waals surface area contributed by atoms with Gasteiger partial charge >= 0.3 is 0 Å². The van der Waals surface area contributed by atoms with E-state index in [-0.39, 0.29) is 0 Å². The first-order valence-corrected chi connectivity index (χ1v) is 8.31. The summed E-state index contributed by atoms with van der Waals surface area (Å²) in [6.45, 7) is 0.296. The largest absolute Gasteiger partial charge is 0.275 e. The van der Waals surface area contributed by atoms with E-state index in [1.807, 2.05) is 0 Å². The minimum absolute atomic E-state index is 0.296. The molecule has 104 valence electrons. The van der Waals surface area contributed by atoms with Gasteiger partial charge in [0.15, 0.2) is 0 Å². The van der Waals surface area contributed by atoms with Gasteiger partial charge < -0.3 is 0 Å². The van der Waals surface area contributed by atoms with Crippen molar-refractivity contribution in [2.45, 2.75) is 16.6 Å². The average molecular weight is 320 g/mol. The number of alkyl halides is 1. The van der Waals surface area contributed by atoms with E-state index < -0.39 is 10.0 Å².